The second-order valence-electron chi connectivity index (χ2n) is 19.4. The lowest BCUT2D eigenvalue weighted by molar-refractivity contribution is 0.768. The highest BCUT2D eigenvalue weighted by Crippen LogP contribution is 2.59. The number of hydrogen-bond donors (Lipinski definition) is 0. The van der Waals surface area contributed by atoms with Crippen molar-refractivity contribution in [3.63, 3.8) is 0 Å². The zero-order valence-corrected chi connectivity index (χ0v) is 43.5. The van der Waals surface area contributed by atoms with Gasteiger partial charge >= 0.3 is 0 Å². The van der Waals surface area contributed by atoms with E-state index in [0.29, 0.717) is 10.0 Å². The minimum atomic E-state index is -0.790. The molecular weight excluding hydrogens is 976 g/mol. The van der Waals surface area contributed by atoms with E-state index in [-0.39, 0.29) is 0 Å². The first-order valence-electron chi connectivity index (χ1n) is 26.0. The van der Waals surface area contributed by atoms with Crippen LogP contribution in [0, 0.1) is 0 Å². The highest BCUT2D eigenvalue weighted by Gasteiger charge is 2.47. The van der Waals surface area contributed by atoms with Crippen LogP contribution in [0.2, 0.25) is 10.0 Å². The van der Waals surface area contributed by atoms with E-state index in [1.807, 2.05) is 12.1 Å². The topological polar surface area (TPSA) is 6.48 Å². The predicted molar refractivity (Wildman–Crippen MR) is 325 cm³/mol. The Morgan fingerprint density at radius 1 is 0.234 bits per heavy atom. The summed E-state index contributed by atoms with van der Waals surface area (Å²) in [7, 11) is 0. The fourth-order valence-corrected chi connectivity index (χ4v) is 12.2. The van der Waals surface area contributed by atoms with Crippen LogP contribution >= 0.6 is 23.2 Å². The first kappa shape index (κ1) is 47.5. The molecule has 0 saturated carbocycles. The number of nitrogens with zero attached hydrogens (tertiary/aromatic N) is 2. The number of para-hydroxylation sites is 2. The minimum Gasteiger partial charge on any atom is -0.309 e. The lowest BCUT2D eigenvalue weighted by Crippen LogP contribution is -2.29. The third-order valence-electron chi connectivity index (χ3n) is 15.0. The second kappa shape index (κ2) is 20.5. The quantitative estimate of drug-likeness (QED) is 0.120. The summed E-state index contributed by atoms with van der Waals surface area (Å²) in [5, 5.41) is 1.26. The van der Waals surface area contributed by atoms with Crippen LogP contribution in [0.15, 0.2) is 303 Å². The van der Waals surface area contributed by atoms with Gasteiger partial charge in [-0.15, -0.1) is 0 Å². The summed E-state index contributed by atoms with van der Waals surface area (Å²) >= 11 is 14.4. The number of rotatable bonds is 12. The van der Waals surface area contributed by atoms with Crippen molar-refractivity contribution < 1.29 is 0 Å². The summed E-state index contributed by atoms with van der Waals surface area (Å²) in [6.45, 7) is 0. The van der Waals surface area contributed by atoms with Crippen LogP contribution < -0.4 is 9.80 Å². The summed E-state index contributed by atoms with van der Waals surface area (Å²) in [6, 6.07) is 109. The first-order chi connectivity index (χ1) is 38.0. The Morgan fingerprint density at radius 3 is 0.909 bits per heavy atom. The van der Waals surface area contributed by atoms with Crippen molar-refractivity contribution in [2.75, 3.05) is 9.80 Å². The van der Waals surface area contributed by atoms with E-state index in [9.17, 15) is 0 Å². The van der Waals surface area contributed by atoms with Crippen LogP contribution in [0.5, 0.6) is 0 Å². The molecule has 0 atom stereocenters. The van der Waals surface area contributed by atoms with Gasteiger partial charge in [0.05, 0.1) is 16.8 Å². The molecule has 0 radical (unpaired) electrons. The summed E-state index contributed by atoms with van der Waals surface area (Å²) in [6.07, 6.45) is 0. The smallest absolute Gasteiger partial charge is 0.0715 e. The molecule has 0 fully saturated rings. The molecule has 2 nitrogen and oxygen atoms in total. The van der Waals surface area contributed by atoms with Crippen molar-refractivity contribution in [3.8, 4) is 55.6 Å². The monoisotopic (exact) mass is 1020 g/mol. The van der Waals surface area contributed by atoms with E-state index < -0.39 is 5.41 Å². The maximum absolute atomic E-state index is 7.19. The molecular formula is C73H50Cl2N2. The van der Waals surface area contributed by atoms with Crippen LogP contribution in [0.3, 0.4) is 0 Å². The van der Waals surface area contributed by atoms with Gasteiger partial charge in [-0.05, 0) is 110 Å². The van der Waals surface area contributed by atoms with Gasteiger partial charge in [0.15, 0.2) is 0 Å². The maximum Gasteiger partial charge on any atom is 0.0715 e. The van der Waals surface area contributed by atoms with E-state index in [1.54, 1.807) is 0 Å². The minimum absolute atomic E-state index is 0.631. The van der Waals surface area contributed by atoms with Gasteiger partial charge in [-0.25, -0.2) is 0 Å². The molecule has 13 rings (SSSR count). The Bertz CT molecular complexity index is 3710. The van der Waals surface area contributed by atoms with Crippen molar-refractivity contribution >= 4 is 57.3 Å². The van der Waals surface area contributed by atoms with Crippen LogP contribution in [0.25, 0.3) is 55.6 Å². The molecule has 0 spiro atoms. The van der Waals surface area contributed by atoms with Crippen LogP contribution in [-0.4, -0.2) is 0 Å². The maximum atomic E-state index is 7.19. The Labute approximate surface area is 461 Å². The summed E-state index contributed by atoms with van der Waals surface area (Å²) < 4.78 is 0. The molecule has 77 heavy (non-hydrogen) atoms. The molecule has 0 heterocycles. The average Bonchev–Trinajstić information content (AvgIpc) is 3.93. The number of benzene rings is 12. The highest BCUT2D eigenvalue weighted by molar-refractivity contribution is 6.31. The van der Waals surface area contributed by atoms with Crippen molar-refractivity contribution in [2.24, 2.45) is 0 Å². The van der Waals surface area contributed by atoms with Gasteiger partial charge in [-0.1, -0.05) is 272 Å². The normalized spacial score (nSPS) is 12.1. The van der Waals surface area contributed by atoms with Gasteiger partial charge in [-0.3, -0.25) is 0 Å². The number of anilines is 6. The third-order valence-corrected chi connectivity index (χ3v) is 15.5. The van der Waals surface area contributed by atoms with Crippen LogP contribution in [-0.2, 0) is 5.41 Å². The van der Waals surface area contributed by atoms with E-state index >= 15 is 0 Å². The van der Waals surface area contributed by atoms with Crippen molar-refractivity contribution in [1.82, 2.24) is 0 Å². The van der Waals surface area contributed by atoms with Gasteiger partial charge in [0.2, 0.25) is 0 Å². The zero-order chi connectivity index (χ0) is 51.7. The van der Waals surface area contributed by atoms with Gasteiger partial charge < -0.3 is 9.80 Å². The molecule has 12 aromatic rings. The lowest BCUT2D eigenvalue weighted by atomic mass is 9.67. The molecule has 0 unspecified atom stereocenters. The van der Waals surface area contributed by atoms with Crippen molar-refractivity contribution in [1.29, 1.82) is 0 Å². The Kier molecular flexibility index (Phi) is 12.7. The number of fused-ring (bicyclic) bond motifs is 3. The standard InChI is InChI=1S/C73H50Cl2N2/c74-57-34-20-36-59(48-57)76(71-63(51-24-6-1-7-25-51)40-22-41-64(71)52-26-8-2-9-27-52)61-46-56(73(55-32-14-5-15-33-55)69-44-18-16-38-67(69)68-39-17-19-45-70(68)73)47-62(50-61)77(60-37-21-35-58(75)49-60)72-65(53-28-10-3-11-29-53)42-23-43-66(72)54-30-12-4-13-31-54/h1-50H. The largest absolute Gasteiger partial charge is 0.309 e. The molecule has 0 N–H and O–H groups in total. The molecule has 0 saturated heterocycles. The Balaban J connectivity index is 1.23. The predicted octanol–water partition coefficient (Wildman–Crippen LogP) is 21.0. The highest BCUT2D eigenvalue weighted by atomic mass is 35.5. The molecule has 1 aliphatic rings. The molecule has 12 aromatic carbocycles. The van der Waals surface area contributed by atoms with Gasteiger partial charge in [0.1, 0.15) is 0 Å². The van der Waals surface area contributed by atoms with E-state index in [0.717, 1.165) is 89.8 Å². The van der Waals surface area contributed by atoms with Gasteiger partial charge in [-0.2, -0.15) is 0 Å². The molecule has 0 aliphatic heterocycles. The van der Waals surface area contributed by atoms with E-state index in [1.165, 1.54) is 22.3 Å². The average molecular weight is 1030 g/mol. The fourth-order valence-electron chi connectivity index (χ4n) is 11.8. The van der Waals surface area contributed by atoms with Gasteiger partial charge in [0, 0.05) is 55.0 Å². The van der Waals surface area contributed by atoms with Gasteiger partial charge in [0.25, 0.3) is 0 Å². The molecule has 4 heteroatoms. The zero-order valence-electron chi connectivity index (χ0n) is 42.0. The molecule has 1 aliphatic carbocycles. The fraction of sp³-hybridized carbons (Fsp3) is 0.0137. The van der Waals surface area contributed by atoms with E-state index in [4.69, 9.17) is 23.2 Å². The Morgan fingerprint density at radius 2 is 0.545 bits per heavy atom. The Hall–Kier alpha value is -9.18. The van der Waals surface area contributed by atoms with Crippen molar-refractivity contribution in [2.45, 2.75) is 5.41 Å². The van der Waals surface area contributed by atoms with E-state index in [2.05, 4.69) is 301 Å². The first-order valence-corrected chi connectivity index (χ1v) is 26.8. The van der Waals surface area contributed by atoms with Crippen LogP contribution in [0.1, 0.15) is 22.3 Å². The summed E-state index contributed by atoms with van der Waals surface area (Å²) in [4.78, 5) is 4.87. The summed E-state index contributed by atoms with van der Waals surface area (Å²) in [5.41, 5.74) is 20.7. The number of halogens is 2. The lowest BCUT2D eigenvalue weighted by Gasteiger charge is -2.38. The van der Waals surface area contributed by atoms with Crippen LogP contribution in [0.4, 0.5) is 34.1 Å². The number of hydrogen-bond acceptors (Lipinski definition) is 2. The second-order valence-corrected chi connectivity index (χ2v) is 20.3. The summed E-state index contributed by atoms with van der Waals surface area (Å²) in [5.74, 6) is 0. The SMILES string of the molecule is Clc1cccc(N(c2cc(N(c3cccc(Cl)c3)c3c(-c4ccccc4)cccc3-c3ccccc3)cc(C3(c4ccccc4)c4ccccc4-c4ccccc43)c2)c2c(-c3ccccc3)cccc2-c2ccccc2)c1. The molecule has 366 valence electrons. The molecule has 0 amide bonds. The molecule has 0 bridgehead atoms. The van der Waals surface area contributed by atoms with Crippen molar-refractivity contribution in [3.05, 3.63) is 336 Å². The molecule has 0 aromatic heterocycles. The third kappa shape index (κ3) is 8.59.